The minimum atomic E-state index is -1.61. The first-order chi connectivity index (χ1) is 28.7. The Bertz CT molecular complexity index is 1660. The molecule has 0 saturated carbocycles. The maximum absolute atomic E-state index is 10.5. The number of benzene rings is 3. The molecular formula is C48H76BN3NaO3S5Si. The maximum Gasteiger partial charge on any atom is 1.00 e. The number of aliphatic hydroxyl groups excluding tert-OH is 1. The first-order valence-electron chi connectivity index (χ1n) is 22.1. The van der Waals surface area contributed by atoms with Gasteiger partial charge in [0.2, 0.25) is 0 Å². The number of hydrogen-bond donors (Lipinski definition) is 1. The van der Waals surface area contributed by atoms with Gasteiger partial charge in [0.05, 0.1) is 0 Å². The molecule has 3 aliphatic rings. The van der Waals surface area contributed by atoms with Crippen LogP contribution < -0.4 is 44.3 Å². The molecule has 3 radical (unpaired) electrons. The van der Waals surface area contributed by atoms with E-state index in [2.05, 4.69) is 187 Å². The summed E-state index contributed by atoms with van der Waals surface area (Å²) in [5, 5.41) is 9.22. The van der Waals surface area contributed by atoms with E-state index in [9.17, 15) is 4.79 Å². The van der Waals surface area contributed by atoms with Crippen LogP contribution in [0.2, 0.25) is 18.1 Å². The summed E-state index contributed by atoms with van der Waals surface area (Å²) in [6.07, 6.45) is 11.5. The van der Waals surface area contributed by atoms with Crippen molar-refractivity contribution in [2.24, 2.45) is 0 Å². The van der Waals surface area contributed by atoms with Gasteiger partial charge < -0.3 is 30.5 Å². The van der Waals surface area contributed by atoms with Gasteiger partial charge in [0.1, 0.15) is 6.29 Å². The number of hydrogen-bond acceptors (Lipinski definition) is 10. The fourth-order valence-corrected chi connectivity index (χ4v) is 8.54. The third-order valence-electron chi connectivity index (χ3n) is 12.6. The second-order valence-electron chi connectivity index (χ2n) is 17.9. The van der Waals surface area contributed by atoms with Crippen LogP contribution in [0.15, 0.2) is 72.8 Å². The molecule has 0 aliphatic carbocycles. The normalized spacial score (nSPS) is 15.9. The number of rotatable bonds is 14. The van der Waals surface area contributed by atoms with Crippen LogP contribution in [-0.2, 0) is 62.9 Å². The van der Waals surface area contributed by atoms with Crippen LogP contribution in [0.4, 0.5) is 17.1 Å². The van der Waals surface area contributed by atoms with Crippen molar-refractivity contribution >= 4 is 93.7 Å². The van der Waals surface area contributed by atoms with Crippen molar-refractivity contribution in [3.05, 3.63) is 89.5 Å². The van der Waals surface area contributed by atoms with Crippen molar-refractivity contribution in [2.75, 3.05) is 67.2 Å². The molecule has 3 heterocycles. The van der Waals surface area contributed by atoms with E-state index in [-0.39, 0.29) is 46.0 Å². The molecule has 0 amide bonds. The van der Waals surface area contributed by atoms with Gasteiger partial charge in [-0.2, -0.15) is 0 Å². The molecule has 62 heavy (non-hydrogen) atoms. The molecule has 0 bridgehead atoms. The Hall–Kier alpha value is -0.968. The first-order valence-corrected chi connectivity index (χ1v) is 29.0. The predicted molar refractivity (Wildman–Crippen MR) is 283 cm³/mol. The Morgan fingerprint density at radius 3 is 1.23 bits per heavy atom. The SMILES string of the molecule is C[C@H](CC=O)c1ccc(N2CCCC2)cc1.C[C@H](CCO)c1ccc(N2CCCC2)cc1.C[C@H](CCO[Si](C)(C)C(C)(C)C)c1ccc(N2CCCC2)cc1.S=S.S=S=S.[B].[H-].[Na+]. The van der Waals surface area contributed by atoms with Crippen LogP contribution in [-0.4, -0.2) is 80.6 Å². The molecule has 3 aromatic carbocycles. The van der Waals surface area contributed by atoms with E-state index in [1.54, 1.807) is 0 Å². The predicted octanol–water partition coefficient (Wildman–Crippen LogP) is 8.28. The molecule has 3 saturated heterocycles. The number of nitrogens with zero attached hydrogens (tertiary/aromatic N) is 3. The van der Waals surface area contributed by atoms with Crippen LogP contribution in [0.3, 0.4) is 0 Å². The Kier molecular flexibility index (Phi) is 33.0. The van der Waals surface area contributed by atoms with Crippen LogP contribution in [0, 0.1) is 0 Å². The van der Waals surface area contributed by atoms with Gasteiger partial charge in [-0.25, -0.2) is 0 Å². The third kappa shape index (κ3) is 21.6. The van der Waals surface area contributed by atoms with Crippen molar-refractivity contribution in [3.8, 4) is 0 Å². The summed E-state index contributed by atoms with van der Waals surface area (Å²) in [7, 11) is -0.689. The molecule has 1 N–H and O–H groups in total. The summed E-state index contributed by atoms with van der Waals surface area (Å²) in [4.78, 5) is 17.8. The van der Waals surface area contributed by atoms with Crippen molar-refractivity contribution in [3.63, 3.8) is 0 Å². The van der Waals surface area contributed by atoms with Crippen molar-refractivity contribution in [2.45, 2.75) is 135 Å². The van der Waals surface area contributed by atoms with Gasteiger partial charge in [0.25, 0.3) is 0 Å². The smallest absolute Gasteiger partial charge is 1.00 e. The second-order valence-corrected chi connectivity index (χ2v) is 24.5. The Balaban J connectivity index is 0. The zero-order chi connectivity index (χ0) is 44.6. The van der Waals surface area contributed by atoms with Gasteiger partial charge in [-0.3, -0.25) is 0 Å². The van der Waals surface area contributed by atoms with Gasteiger partial charge in [-0.05, 0) is 140 Å². The summed E-state index contributed by atoms with van der Waals surface area (Å²) in [5.41, 5.74) is 8.08. The van der Waals surface area contributed by atoms with Crippen molar-refractivity contribution in [1.82, 2.24) is 0 Å². The number of aldehydes is 1. The Morgan fingerprint density at radius 1 is 0.661 bits per heavy atom. The largest absolute Gasteiger partial charge is 1.00 e. The molecule has 3 aromatic rings. The fourth-order valence-electron chi connectivity index (χ4n) is 7.48. The monoisotopic (exact) mass is 964 g/mol. The molecule has 3 aliphatic heterocycles. The van der Waals surface area contributed by atoms with Crippen LogP contribution in [0.5, 0.6) is 0 Å². The van der Waals surface area contributed by atoms with Crippen molar-refractivity contribution < 1.29 is 45.3 Å². The summed E-state index contributed by atoms with van der Waals surface area (Å²) in [5.74, 6) is 1.36. The van der Waals surface area contributed by atoms with E-state index < -0.39 is 8.32 Å². The van der Waals surface area contributed by atoms with Gasteiger partial charge >= 0.3 is 29.6 Å². The molecule has 6 nitrogen and oxygen atoms in total. The molecule has 0 spiro atoms. The van der Waals surface area contributed by atoms with E-state index in [4.69, 9.17) is 9.53 Å². The Morgan fingerprint density at radius 2 is 0.952 bits per heavy atom. The summed E-state index contributed by atoms with van der Waals surface area (Å²) in [6, 6.07) is 26.7. The molecule has 0 aromatic heterocycles. The third-order valence-corrected chi connectivity index (χ3v) is 17.2. The van der Waals surface area contributed by atoms with E-state index in [0.717, 1.165) is 34.6 Å². The average molecular weight is 965 g/mol. The number of anilines is 3. The topological polar surface area (TPSA) is 56.3 Å². The van der Waals surface area contributed by atoms with E-state index in [1.165, 1.54) is 112 Å². The maximum atomic E-state index is 10.5. The zero-order valence-electron chi connectivity index (χ0n) is 40.5. The molecule has 14 heteroatoms. The molecular weight excluding hydrogens is 889 g/mol. The van der Waals surface area contributed by atoms with Gasteiger partial charge in [-0.1, -0.05) is 77.9 Å². The van der Waals surface area contributed by atoms with Crippen LogP contribution in [0.25, 0.3) is 0 Å². The zero-order valence-corrected chi connectivity index (χ0v) is 46.6. The van der Waals surface area contributed by atoms with Gasteiger partial charge in [-0.15, -0.1) is 0 Å². The van der Waals surface area contributed by atoms with Crippen LogP contribution >= 0.6 is 0 Å². The number of carbonyl (C=O) groups excluding carboxylic acids is 1. The fraction of sp³-hybridized carbons (Fsp3) is 0.604. The van der Waals surface area contributed by atoms with Gasteiger partial charge in [0.15, 0.2) is 8.32 Å². The Labute approximate surface area is 427 Å². The van der Waals surface area contributed by atoms with Gasteiger partial charge in [0, 0.05) is 138 Å². The standard InChI is InChI=1S/C20H35NOSi.C14H21NO.C14H19NO.B.Na.S3.S2.H/c1-17(13-16-22-23(5,6)20(2,3)4)18-9-11-19(12-10-18)21-14-7-8-15-21;2*1-12(8-11-16)13-4-6-14(7-5-13)15-9-2-3-10-15;;;1-3-2;1-2;/h9-12,17H,7-8,13-16H2,1-6H3;4-7,12,16H,2-3,8-11H2,1H3;4-7,11-12H,2-3,8-10H2,1H3;;;;;/q;;;;+1;;;-1/t17-;2*12-;;;;;/m111...../s1. The number of carbonyl (C=O) groups is 1. The average Bonchev–Trinajstić information content (AvgIpc) is 4.08. The first kappa shape index (κ1) is 61.0. The van der Waals surface area contributed by atoms with E-state index in [0.29, 0.717) is 29.2 Å². The molecule has 3 atom stereocenters. The van der Waals surface area contributed by atoms with E-state index >= 15 is 0 Å². The van der Waals surface area contributed by atoms with E-state index in [1.807, 2.05) is 0 Å². The van der Waals surface area contributed by atoms with Crippen molar-refractivity contribution in [1.29, 1.82) is 0 Å². The summed E-state index contributed by atoms with van der Waals surface area (Å²) >= 11 is 15.6. The van der Waals surface area contributed by atoms with Crippen LogP contribution in [0.1, 0.15) is 135 Å². The molecule has 0 unspecified atom stereocenters. The summed E-state index contributed by atoms with van der Waals surface area (Å²) in [6.45, 7) is 26.5. The minimum Gasteiger partial charge on any atom is -1.00 e. The molecule has 6 rings (SSSR count). The number of aliphatic hydroxyl groups is 1. The molecule has 3 fully saturated rings. The summed E-state index contributed by atoms with van der Waals surface area (Å²) < 4.78 is 6.32. The minimum absolute atomic E-state index is 0. The molecule has 339 valence electrons. The second kappa shape index (κ2) is 33.5. The quantitative estimate of drug-likeness (QED) is 0.126.